The van der Waals surface area contributed by atoms with Crippen molar-refractivity contribution in [3.8, 4) is 0 Å². The lowest BCUT2D eigenvalue weighted by Gasteiger charge is -2.42. The maximum absolute atomic E-state index is 14.2. The molecular weight excluding hydrogens is 428 g/mol. The minimum absolute atomic E-state index is 0.0211. The molecule has 172 valence electrons. The summed E-state index contributed by atoms with van der Waals surface area (Å²) in [6.07, 6.45) is 0.260. The van der Waals surface area contributed by atoms with E-state index in [1.807, 2.05) is 49.5 Å². The molecule has 2 heterocycles. The predicted molar refractivity (Wildman–Crippen MR) is 130 cm³/mol. The van der Waals surface area contributed by atoms with Crippen LogP contribution >= 0.6 is 0 Å². The van der Waals surface area contributed by atoms with Gasteiger partial charge in [-0.2, -0.15) is 0 Å². The fourth-order valence-electron chi connectivity index (χ4n) is 5.16. The lowest BCUT2D eigenvalue weighted by molar-refractivity contribution is -0.875. The maximum atomic E-state index is 14.2. The number of hydrogen-bond donors (Lipinski definition) is 0. The van der Waals surface area contributed by atoms with E-state index in [9.17, 15) is 9.90 Å². The van der Waals surface area contributed by atoms with Gasteiger partial charge in [-0.15, -0.1) is 0 Å². The molecular formula is C27H32N2O3Si. The van der Waals surface area contributed by atoms with Gasteiger partial charge in [-0.1, -0.05) is 75.4 Å². The molecule has 2 aromatic carbocycles. The number of carbonyl (C=O) groups excluding carboxylic acids is 1. The van der Waals surface area contributed by atoms with Crippen LogP contribution in [0.2, 0.25) is 18.1 Å². The van der Waals surface area contributed by atoms with Gasteiger partial charge in [-0.05, 0) is 29.5 Å². The molecule has 0 saturated carbocycles. The lowest BCUT2D eigenvalue weighted by atomic mass is 9.84. The highest BCUT2D eigenvalue weighted by molar-refractivity contribution is 6.74. The second-order valence-corrected chi connectivity index (χ2v) is 15.7. The fourth-order valence-corrected chi connectivity index (χ4v) is 6.50. The molecule has 0 radical (unpaired) electrons. The maximum Gasteiger partial charge on any atom is 0.346 e. The minimum Gasteiger partial charge on any atom is -0.870 e. The molecule has 0 bridgehead atoms. The first-order valence-electron chi connectivity index (χ1n) is 11.4. The summed E-state index contributed by atoms with van der Waals surface area (Å²) in [5, 5.41) is 14.2. The van der Waals surface area contributed by atoms with Gasteiger partial charge < -0.3 is 9.53 Å². The minimum atomic E-state index is -2.10. The number of fused-ring (bicyclic) bond motifs is 1. The van der Waals surface area contributed by atoms with Crippen molar-refractivity contribution in [1.82, 2.24) is 0 Å². The topological polar surface area (TPSA) is 53.7 Å². The van der Waals surface area contributed by atoms with Crippen LogP contribution in [-0.2, 0) is 14.8 Å². The zero-order chi connectivity index (χ0) is 24.2. The van der Waals surface area contributed by atoms with Crippen LogP contribution < -0.4 is 5.11 Å². The summed E-state index contributed by atoms with van der Waals surface area (Å²) in [5.74, 6) is -0.292. The Balaban J connectivity index is 1.88. The molecule has 2 aromatic rings. The monoisotopic (exact) mass is 460 g/mol. The second-order valence-electron chi connectivity index (χ2n) is 11.0. The van der Waals surface area contributed by atoms with Gasteiger partial charge in [0.25, 0.3) is 0 Å². The van der Waals surface area contributed by atoms with E-state index in [4.69, 9.17) is 11.0 Å². The third-order valence-electron chi connectivity index (χ3n) is 8.00. The summed E-state index contributed by atoms with van der Waals surface area (Å²) < 4.78 is 6.73. The van der Waals surface area contributed by atoms with Crippen molar-refractivity contribution in [2.75, 3.05) is 13.6 Å². The van der Waals surface area contributed by atoms with Crippen molar-refractivity contribution in [3.63, 3.8) is 0 Å². The quantitative estimate of drug-likeness (QED) is 0.367. The summed E-state index contributed by atoms with van der Waals surface area (Å²) in [4.78, 5) is 17.4. The molecule has 33 heavy (non-hydrogen) atoms. The highest BCUT2D eigenvalue weighted by Crippen LogP contribution is 2.56. The summed E-state index contributed by atoms with van der Waals surface area (Å²) in [5.41, 5.74) is 1.19. The molecule has 0 aromatic heterocycles. The number of amides is 1. The molecule has 1 fully saturated rings. The van der Waals surface area contributed by atoms with E-state index in [-0.39, 0.29) is 32.9 Å². The Morgan fingerprint density at radius 1 is 1.12 bits per heavy atom. The van der Waals surface area contributed by atoms with Crippen LogP contribution in [-0.4, -0.2) is 38.4 Å². The summed E-state index contributed by atoms with van der Waals surface area (Å²) in [6, 6.07) is 16.4. The van der Waals surface area contributed by atoms with Gasteiger partial charge in [-0.3, -0.25) is 0 Å². The Kier molecular flexibility index (Phi) is 5.44. The van der Waals surface area contributed by atoms with E-state index >= 15 is 0 Å². The number of carbonyl (C=O) groups is 1. The lowest BCUT2D eigenvalue weighted by Crippen LogP contribution is -2.57. The second kappa shape index (κ2) is 7.66. The van der Waals surface area contributed by atoms with Crippen LogP contribution in [0.25, 0.3) is 10.4 Å². The van der Waals surface area contributed by atoms with E-state index in [0.717, 1.165) is 5.56 Å². The standard InChI is InChI=1S/C27H32N2O3Si/c1-26(2,3)33(6,7)32-22-17-27(20-13-15-21(28-4)16-14-20)24(30)23(19-11-9-8-10-12-19)25(31)29(27,5)18-22/h8-16,22H,17-18H2,1-3,5-7H3/t22-,27-,29?/m0/s1. The highest BCUT2D eigenvalue weighted by Gasteiger charge is 2.67. The number of nitrogens with zero attached hydrogens (tertiary/aromatic N) is 2. The first kappa shape index (κ1) is 23.4. The highest BCUT2D eigenvalue weighted by atomic mass is 28.4. The zero-order valence-electron chi connectivity index (χ0n) is 20.3. The van der Waals surface area contributed by atoms with Gasteiger partial charge in [-0.25, -0.2) is 14.1 Å². The molecule has 0 spiro atoms. The Bertz CT molecular complexity index is 1160. The Labute approximate surface area is 197 Å². The third kappa shape index (κ3) is 3.38. The van der Waals surface area contributed by atoms with Gasteiger partial charge in [0, 0.05) is 12.0 Å². The molecule has 5 nitrogen and oxygen atoms in total. The Hall–Kier alpha value is -2.72. The van der Waals surface area contributed by atoms with Crippen molar-refractivity contribution in [2.24, 2.45) is 0 Å². The van der Waals surface area contributed by atoms with E-state index in [2.05, 4.69) is 38.7 Å². The van der Waals surface area contributed by atoms with Crippen molar-refractivity contribution >= 4 is 25.5 Å². The third-order valence-corrected chi connectivity index (χ3v) is 12.5. The first-order chi connectivity index (χ1) is 15.4. The molecule has 0 aliphatic carbocycles. The van der Waals surface area contributed by atoms with Gasteiger partial charge in [0.05, 0.1) is 19.2 Å². The molecule has 0 N–H and O–H groups in total. The average Bonchev–Trinajstić information content (AvgIpc) is 3.14. The normalized spacial score (nSPS) is 27.5. The Morgan fingerprint density at radius 2 is 1.73 bits per heavy atom. The van der Waals surface area contributed by atoms with Crippen molar-refractivity contribution in [1.29, 1.82) is 0 Å². The van der Waals surface area contributed by atoms with Crippen LogP contribution in [0.5, 0.6) is 0 Å². The Morgan fingerprint density at radius 3 is 2.27 bits per heavy atom. The SMILES string of the molecule is [C-]#[N+]c1ccc([C@]23C[C@H](O[Si](C)(C)C(C)(C)C)C[N+]2(C)C(=O)C(c2ccccc2)=C3[O-])cc1. The van der Waals surface area contributed by atoms with E-state index < -0.39 is 13.9 Å². The molecule has 3 atom stereocenters. The number of benzene rings is 2. The molecule has 1 saturated heterocycles. The van der Waals surface area contributed by atoms with Crippen LogP contribution in [0.15, 0.2) is 60.4 Å². The van der Waals surface area contributed by atoms with Crippen LogP contribution in [0.3, 0.4) is 0 Å². The fraction of sp³-hybridized carbons (Fsp3) is 0.407. The van der Waals surface area contributed by atoms with Crippen LogP contribution in [0, 0.1) is 6.57 Å². The van der Waals surface area contributed by atoms with Gasteiger partial charge >= 0.3 is 5.91 Å². The number of quaternary nitrogens is 1. The van der Waals surface area contributed by atoms with Crippen molar-refractivity contribution in [3.05, 3.63) is 82.9 Å². The summed E-state index contributed by atoms with van der Waals surface area (Å²) >= 11 is 0. The average molecular weight is 461 g/mol. The van der Waals surface area contributed by atoms with Crippen LogP contribution in [0.1, 0.15) is 38.3 Å². The molecule has 1 amide bonds. The number of hydrogen-bond acceptors (Lipinski definition) is 3. The van der Waals surface area contributed by atoms with Gasteiger partial charge in [0.1, 0.15) is 18.2 Å². The van der Waals surface area contributed by atoms with E-state index in [0.29, 0.717) is 24.2 Å². The summed E-state index contributed by atoms with van der Waals surface area (Å²) in [6.45, 7) is 18.8. The number of likely N-dealkylation sites (N-methyl/N-ethyl adjacent to an activating group) is 1. The predicted octanol–water partition coefficient (Wildman–Crippen LogP) is 4.99. The van der Waals surface area contributed by atoms with Crippen molar-refractivity contribution < 1.29 is 18.8 Å². The first-order valence-corrected chi connectivity index (χ1v) is 14.3. The van der Waals surface area contributed by atoms with E-state index in [1.54, 1.807) is 12.1 Å². The number of rotatable bonds is 4. The molecule has 2 aliphatic heterocycles. The molecule has 4 rings (SSSR count). The zero-order valence-corrected chi connectivity index (χ0v) is 21.3. The molecule has 6 heteroatoms. The van der Waals surface area contributed by atoms with Crippen LogP contribution in [0.4, 0.5) is 5.69 Å². The smallest absolute Gasteiger partial charge is 0.346 e. The molecule has 1 unspecified atom stereocenters. The van der Waals surface area contributed by atoms with E-state index in [1.165, 1.54) is 0 Å². The summed E-state index contributed by atoms with van der Waals surface area (Å²) in [7, 11) is -0.221. The largest absolute Gasteiger partial charge is 0.870 e. The molecule has 2 aliphatic rings. The van der Waals surface area contributed by atoms with Crippen molar-refractivity contribution in [2.45, 2.75) is 57.0 Å². The van der Waals surface area contributed by atoms with Gasteiger partial charge in [0.2, 0.25) is 0 Å². The van der Waals surface area contributed by atoms with Gasteiger partial charge in [0.15, 0.2) is 14.0 Å².